The Kier molecular flexibility index (Phi) is 4.80. The fourth-order valence-electron chi connectivity index (χ4n) is 2.52. The fourth-order valence-corrected chi connectivity index (χ4v) is 4.27. The third kappa shape index (κ3) is 4.32. The second-order valence-electron chi connectivity index (χ2n) is 5.72. The number of nitrogens with zero attached hydrogens (tertiary/aromatic N) is 1. The van der Waals surface area contributed by atoms with Gasteiger partial charge in [-0.25, -0.2) is 8.42 Å². The van der Waals surface area contributed by atoms with Crippen LogP contribution in [0.3, 0.4) is 0 Å². The van der Waals surface area contributed by atoms with Gasteiger partial charge in [-0.3, -0.25) is 9.78 Å². The van der Waals surface area contributed by atoms with E-state index in [1.807, 2.05) is 30.3 Å². The van der Waals surface area contributed by atoms with Crippen molar-refractivity contribution >= 4 is 15.7 Å². The summed E-state index contributed by atoms with van der Waals surface area (Å²) in [6.07, 6.45) is 1.99. The molecule has 1 amide bonds. The monoisotopic (exact) mass is 346 g/mol. The van der Waals surface area contributed by atoms with E-state index in [-0.39, 0.29) is 24.0 Å². The summed E-state index contributed by atoms with van der Waals surface area (Å²) in [5.41, 5.74) is 0.685. The highest BCUT2D eigenvalue weighted by Crippen LogP contribution is 2.20. The molecule has 1 aliphatic rings. The zero-order valence-electron chi connectivity index (χ0n) is 13.0. The summed E-state index contributed by atoms with van der Waals surface area (Å²) in [4.78, 5) is 16.2. The largest absolute Gasteiger partial charge is 0.456 e. The molecule has 0 spiro atoms. The van der Waals surface area contributed by atoms with Crippen LogP contribution in [0.2, 0.25) is 0 Å². The number of carbonyl (C=O) groups excluding carboxylic acids is 1. The van der Waals surface area contributed by atoms with Crippen LogP contribution in [0.25, 0.3) is 0 Å². The minimum atomic E-state index is -3.05. The molecule has 0 radical (unpaired) electrons. The van der Waals surface area contributed by atoms with E-state index < -0.39 is 15.8 Å². The Bertz CT molecular complexity index is 804. The topological polar surface area (TPSA) is 85.4 Å². The minimum Gasteiger partial charge on any atom is -0.456 e. The number of para-hydroxylation sites is 1. The highest BCUT2D eigenvalue weighted by Gasteiger charge is 2.32. The van der Waals surface area contributed by atoms with Gasteiger partial charge in [0.2, 0.25) is 5.91 Å². The van der Waals surface area contributed by atoms with E-state index in [1.165, 1.54) is 0 Å². The molecule has 7 heteroatoms. The van der Waals surface area contributed by atoms with Gasteiger partial charge in [-0.1, -0.05) is 18.2 Å². The molecule has 0 aliphatic carbocycles. The van der Waals surface area contributed by atoms with Crippen molar-refractivity contribution in [3.63, 3.8) is 0 Å². The maximum atomic E-state index is 12.0. The normalized spacial score (nSPS) is 18.9. The Morgan fingerprint density at radius 1 is 1.17 bits per heavy atom. The van der Waals surface area contributed by atoms with Gasteiger partial charge in [0.15, 0.2) is 9.84 Å². The van der Waals surface area contributed by atoms with Gasteiger partial charge in [-0.2, -0.15) is 0 Å². The number of nitrogens with one attached hydrogen (secondary N) is 1. The molecule has 1 aliphatic heterocycles. The van der Waals surface area contributed by atoms with Gasteiger partial charge in [-0.05, 0) is 30.7 Å². The summed E-state index contributed by atoms with van der Waals surface area (Å²) >= 11 is 0. The van der Waals surface area contributed by atoms with E-state index >= 15 is 0 Å². The summed E-state index contributed by atoms with van der Waals surface area (Å²) < 4.78 is 28.4. The molecule has 3 rings (SSSR count). The number of hydrogen-bond acceptors (Lipinski definition) is 5. The molecule has 1 aromatic heterocycles. The summed E-state index contributed by atoms with van der Waals surface area (Å²) in [7, 11) is -3.05. The Balaban J connectivity index is 1.52. The lowest BCUT2D eigenvalue weighted by atomic mass is 10.1. The number of carbonyl (C=O) groups is 1. The van der Waals surface area contributed by atoms with Crippen molar-refractivity contribution < 1.29 is 17.9 Å². The van der Waals surface area contributed by atoms with Crippen molar-refractivity contribution in [3.05, 3.63) is 54.4 Å². The van der Waals surface area contributed by atoms with E-state index in [1.54, 1.807) is 18.3 Å². The average molecular weight is 346 g/mol. The van der Waals surface area contributed by atoms with Crippen molar-refractivity contribution in [2.24, 2.45) is 5.92 Å². The van der Waals surface area contributed by atoms with E-state index in [2.05, 4.69) is 10.3 Å². The first-order chi connectivity index (χ1) is 11.5. The van der Waals surface area contributed by atoms with Crippen LogP contribution in [-0.2, 0) is 21.2 Å². The van der Waals surface area contributed by atoms with Crippen LogP contribution in [0, 0.1) is 5.92 Å². The highest BCUT2D eigenvalue weighted by molar-refractivity contribution is 7.91. The van der Waals surface area contributed by atoms with E-state index in [0.717, 1.165) is 5.75 Å². The minimum absolute atomic E-state index is 0.0594. The molecule has 126 valence electrons. The van der Waals surface area contributed by atoms with Gasteiger partial charge >= 0.3 is 0 Å². The zero-order valence-corrected chi connectivity index (χ0v) is 13.8. The third-order valence-corrected chi connectivity index (χ3v) is 5.59. The SMILES string of the molecule is O=C(NCc1ccc(Oc2ccccc2)cn1)[C@H]1CCS(=O)(=O)C1. The molecule has 0 bridgehead atoms. The molecule has 1 aromatic carbocycles. The van der Waals surface area contributed by atoms with Crippen molar-refractivity contribution in [2.75, 3.05) is 11.5 Å². The number of pyridine rings is 1. The second-order valence-corrected chi connectivity index (χ2v) is 7.95. The number of sulfone groups is 1. The van der Waals surface area contributed by atoms with Gasteiger partial charge < -0.3 is 10.1 Å². The number of benzene rings is 1. The Morgan fingerprint density at radius 3 is 2.58 bits per heavy atom. The lowest BCUT2D eigenvalue weighted by molar-refractivity contribution is -0.124. The molecule has 2 heterocycles. The number of hydrogen-bond donors (Lipinski definition) is 1. The summed E-state index contributed by atoms with van der Waals surface area (Å²) in [5, 5.41) is 2.74. The smallest absolute Gasteiger partial charge is 0.224 e. The first-order valence-corrected chi connectivity index (χ1v) is 9.50. The van der Waals surface area contributed by atoms with Crippen molar-refractivity contribution in [2.45, 2.75) is 13.0 Å². The molecule has 1 saturated heterocycles. The molecule has 1 atom stereocenters. The lowest BCUT2D eigenvalue weighted by Crippen LogP contribution is -2.31. The standard InChI is InChI=1S/C17H18N2O4S/c20-17(13-8-9-24(21,22)12-13)19-10-14-6-7-16(11-18-14)23-15-4-2-1-3-5-15/h1-7,11,13H,8-10,12H2,(H,19,20)/t13-/m0/s1. The van der Waals surface area contributed by atoms with Crippen molar-refractivity contribution in [1.82, 2.24) is 10.3 Å². The van der Waals surface area contributed by atoms with Crippen LogP contribution < -0.4 is 10.1 Å². The predicted octanol–water partition coefficient (Wildman–Crippen LogP) is 1.92. The molecular formula is C17H18N2O4S. The van der Waals surface area contributed by atoms with Crippen molar-refractivity contribution in [3.8, 4) is 11.5 Å². The first-order valence-electron chi connectivity index (χ1n) is 7.68. The molecule has 1 N–H and O–H groups in total. The van der Waals surface area contributed by atoms with E-state index in [0.29, 0.717) is 17.9 Å². The molecule has 24 heavy (non-hydrogen) atoms. The Hall–Kier alpha value is -2.41. The zero-order chi connectivity index (χ0) is 17.0. The third-order valence-electron chi connectivity index (χ3n) is 3.82. The van der Waals surface area contributed by atoms with Crippen LogP contribution >= 0.6 is 0 Å². The van der Waals surface area contributed by atoms with Crippen LogP contribution in [-0.4, -0.2) is 30.8 Å². The van der Waals surface area contributed by atoms with Crippen molar-refractivity contribution in [1.29, 1.82) is 0 Å². The maximum absolute atomic E-state index is 12.0. The summed E-state index contributed by atoms with van der Waals surface area (Å²) in [6, 6.07) is 12.9. The summed E-state index contributed by atoms with van der Waals surface area (Å²) in [6.45, 7) is 0.265. The lowest BCUT2D eigenvalue weighted by Gasteiger charge is -2.10. The first kappa shape index (κ1) is 16.4. The van der Waals surface area contributed by atoms with Gasteiger partial charge in [0.25, 0.3) is 0 Å². The number of aromatic nitrogens is 1. The maximum Gasteiger partial charge on any atom is 0.224 e. The fraction of sp³-hybridized carbons (Fsp3) is 0.294. The van der Waals surface area contributed by atoms with E-state index in [9.17, 15) is 13.2 Å². The Labute approximate surface area is 140 Å². The number of ether oxygens (including phenoxy) is 1. The second kappa shape index (κ2) is 7.00. The van der Waals surface area contributed by atoms with Crippen LogP contribution in [0.1, 0.15) is 12.1 Å². The van der Waals surface area contributed by atoms with Crippen LogP contribution in [0.5, 0.6) is 11.5 Å². The van der Waals surface area contributed by atoms with Gasteiger partial charge in [0, 0.05) is 0 Å². The number of amides is 1. The molecule has 1 fully saturated rings. The molecular weight excluding hydrogens is 328 g/mol. The van der Waals surface area contributed by atoms with E-state index in [4.69, 9.17) is 4.74 Å². The molecule has 2 aromatic rings. The van der Waals surface area contributed by atoms with Gasteiger partial charge in [0.05, 0.1) is 35.9 Å². The predicted molar refractivity (Wildman–Crippen MR) is 89.4 cm³/mol. The molecule has 6 nitrogen and oxygen atoms in total. The van der Waals surface area contributed by atoms with Gasteiger partial charge in [-0.15, -0.1) is 0 Å². The quantitative estimate of drug-likeness (QED) is 0.894. The summed E-state index contributed by atoms with van der Waals surface area (Å²) in [5.74, 6) is 0.685. The number of rotatable bonds is 5. The molecule has 0 saturated carbocycles. The molecule has 0 unspecified atom stereocenters. The highest BCUT2D eigenvalue weighted by atomic mass is 32.2. The van der Waals surface area contributed by atoms with Crippen LogP contribution in [0.4, 0.5) is 0 Å². The van der Waals surface area contributed by atoms with Gasteiger partial charge in [0.1, 0.15) is 11.5 Å². The average Bonchev–Trinajstić information content (AvgIpc) is 2.95. The Morgan fingerprint density at radius 2 is 1.96 bits per heavy atom. The van der Waals surface area contributed by atoms with Crippen LogP contribution in [0.15, 0.2) is 48.7 Å².